The van der Waals surface area contributed by atoms with Crippen molar-refractivity contribution in [1.29, 1.82) is 0 Å². The molecule has 0 spiro atoms. The molecule has 0 aliphatic heterocycles. The molecule has 0 bridgehead atoms. The predicted octanol–water partition coefficient (Wildman–Crippen LogP) is 5.26. The first-order chi connectivity index (χ1) is 11.3. The maximum Gasteiger partial charge on any atom is 0.258 e. The van der Waals surface area contributed by atoms with Crippen molar-refractivity contribution in [2.45, 2.75) is 26.2 Å². The molecule has 1 heterocycles. The van der Waals surface area contributed by atoms with E-state index in [-0.39, 0.29) is 0 Å². The van der Waals surface area contributed by atoms with Crippen LogP contribution in [0.3, 0.4) is 0 Å². The van der Waals surface area contributed by atoms with E-state index in [2.05, 4.69) is 10.1 Å². The van der Waals surface area contributed by atoms with E-state index in [4.69, 9.17) is 33.5 Å². The van der Waals surface area contributed by atoms with Gasteiger partial charge in [0, 0.05) is 26.9 Å². The van der Waals surface area contributed by atoms with Gasteiger partial charge in [0.2, 0.25) is 0 Å². The van der Waals surface area contributed by atoms with Crippen LogP contribution < -0.4 is 5.73 Å². The Balaban J connectivity index is 2.08. The number of halogens is 2. The van der Waals surface area contributed by atoms with Gasteiger partial charge in [0.15, 0.2) is 5.82 Å². The van der Waals surface area contributed by atoms with Crippen molar-refractivity contribution in [3.63, 3.8) is 0 Å². The first-order valence-electron chi connectivity index (χ1n) is 7.46. The second kappa shape index (κ2) is 6.11. The van der Waals surface area contributed by atoms with Crippen LogP contribution in [0.2, 0.25) is 10.0 Å². The highest BCUT2D eigenvalue weighted by Gasteiger charge is 2.33. The first-order valence-corrected chi connectivity index (χ1v) is 8.21. The molecule has 0 atom stereocenters. The van der Waals surface area contributed by atoms with Gasteiger partial charge in [0.05, 0.1) is 5.41 Å². The lowest BCUT2D eigenvalue weighted by molar-refractivity contribution is 0.408. The van der Waals surface area contributed by atoms with Crippen LogP contribution in [0.25, 0.3) is 11.5 Å². The summed E-state index contributed by atoms with van der Waals surface area (Å²) in [5, 5.41) is 5.11. The minimum atomic E-state index is -0.633. The number of nitrogen functional groups attached to an aromatic ring is 1. The summed E-state index contributed by atoms with van der Waals surface area (Å²) >= 11 is 12.7. The van der Waals surface area contributed by atoms with E-state index in [1.165, 1.54) is 0 Å². The molecule has 0 amide bonds. The van der Waals surface area contributed by atoms with Gasteiger partial charge in [-0.25, -0.2) is 0 Å². The Morgan fingerprint density at radius 1 is 1.08 bits per heavy atom. The zero-order valence-corrected chi connectivity index (χ0v) is 15.1. The van der Waals surface area contributed by atoms with Crippen molar-refractivity contribution in [3.8, 4) is 11.5 Å². The van der Waals surface area contributed by atoms with Gasteiger partial charge in [-0.05, 0) is 44.5 Å². The number of hydrogen-bond donors (Lipinski definition) is 1. The van der Waals surface area contributed by atoms with E-state index >= 15 is 0 Å². The van der Waals surface area contributed by atoms with E-state index in [9.17, 15) is 0 Å². The fourth-order valence-electron chi connectivity index (χ4n) is 2.70. The molecule has 0 saturated carbocycles. The summed E-state index contributed by atoms with van der Waals surface area (Å²) in [4.78, 5) is 4.57. The highest BCUT2D eigenvalue weighted by molar-refractivity contribution is 6.36. The van der Waals surface area contributed by atoms with Crippen molar-refractivity contribution in [1.82, 2.24) is 10.1 Å². The molecular formula is C18H17Cl2N3O. The lowest BCUT2D eigenvalue weighted by Crippen LogP contribution is -2.22. The third-order valence-corrected chi connectivity index (χ3v) is 4.65. The van der Waals surface area contributed by atoms with Gasteiger partial charge in [-0.15, -0.1) is 0 Å². The highest BCUT2D eigenvalue weighted by atomic mass is 35.5. The summed E-state index contributed by atoms with van der Waals surface area (Å²) in [5.74, 6) is 0.980. The lowest BCUT2D eigenvalue weighted by atomic mass is 9.83. The molecule has 3 rings (SSSR count). The predicted molar refractivity (Wildman–Crippen MR) is 97.5 cm³/mol. The van der Waals surface area contributed by atoms with Crippen LogP contribution in [0, 0.1) is 6.92 Å². The van der Waals surface area contributed by atoms with Crippen molar-refractivity contribution in [2.75, 3.05) is 5.73 Å². The molecule has 0 saturated heterocycles. The van der Waals surface area contributed by atoms with E-state index in [0.29, 0.717) is 27.4 Å². The minimum absolute atomic E-state index is 0.471. The van der Waals surface area contributed by atoms with Gasteiger partial charge in [-0.1, -0.05) is 46.6 Å². The summed E-state index contributed by atoms with van der Waals surface area (Å²) in [6.07, 6.45) is 0. The minimum Gasteiger partial charge on any atom is -0.399 e. The molecule has 0 aliphatic rings. The summed E-state index contributed by atoms with van der Waals surface area (Å²) in [6, 6.07) is 11.2. The van der Waals surface area contributed by atoms with Gasteiger partial charge >= 0.3 is 0 Å². The third kappa shape index (κ3) is 2.87. The van der Waals surface area contributed by atoms with Crippen LogP contribution >= 0.6 is 23.2 Å². The SMILES string of the molecule is Cc1ccccc1-c1nc(C(C)(C)c2c(Cl)cc(N)cc2Cl)no1. The quantitative estimate of drug-likeness (QED) is 0.646. The molecule has 2 N–H and O–H groups in total. The molecule has 6 heteroatoms. The van der Waals surface area contributed by atoms with Crippen molar-refractivity contribution in [3.05, 3.63) is 63.4 Å². The number of anilines is 1. The Bertz CT molecular complexity index is 880. The fourth-order valence-corrected chi connectivity index (χ4v) is 3.68. The fraction of sp³-hybridized carbons (Fsp3) is 0.222. The maximum absolute atomic E-state index is 6.37. The summed E-state index contributed by atoms with van der Waals surface area (Å²) in [7, 11) is 0. The molecule has 24 heavy (non-hydrogen) atoms. The number of nitrogens with two attached hydrogens (primary N) is 1. The molecule has 4 nitrogen and oxygen atoms in total. The van der Waals surface area contributed by atoms with Crippen LogP contribution in [0.1, 0.15) is 30.8 Å². The molecule has 0 fully saturated rings. The summed E-state index contributed by atoms with van der Waals surface area (Å²) in [5.41, 5.74) is 8.36. The van der Waals surface area contributed by atoms with Gasteiger partial charge in [-0.2, -0.15) is 4.98 Å². The number of nitrogens with zero attached hydrogens (tertiary/aromatic N) is 2. The Kier molecular flexibility index (Phi) is 4.28. The van der Waals surface area contributed by atoms with Gasteiger partial charge in [0.25, 0.3) is 5.89 Å². The number of hydrogen-bond acceptors (Lipinski definition) is 4. The second-order valence-electron chi connectivity index (χ2n) is 6.22. The van der Waals surface area contributed by atoms with Gasteiger partial charge in [-0.3, -0.25) is 0 Å². The molecule has 0 radical (unpaired) electrons. The number of aryl methyl sites for hydroxylation is 1. The normalized spacial score (nSPS) is 11.7. The van der Waals surface area contributed by atoms with Crippen molar-refractivity contribution in [2.24, 2.45) is 0 Å². The van der Waals surface area contributed by atoms with Crippen LogP contribution in [0.15, 0.2) is 40.9 Å². The second-order valence-corrected chi connectivity index (χ2v) is 7.04. The van der Waals surface area contributed by atoms with E-state index in [0.717, 1.165) is 16.7 Å². The largest absolute Gasteiger partial charge is 0.399 e. The topological polar surface area (TPSA) is 64.9 Å². The maximum atomic E-state index is 6.37. The Labute approximate surface area is 150 Å². The number of aromatic nitrogens is 2. The average Bonchev–Trinajstić information content (AvgIpc) is 2.96. The van der Waals surface area contributed by atoms with Crippen molar-refractivity contribution >= 4 is 28.9 Å². The van der Waals surface area contributed by atoms with E-state index in [1.54, 1.807) is 12.1 Å². The molecule has 0 unspecified atom stereocenters. The van der Waals surface area contributed by atoms with Crippen LogP contribution in [0.5, 0.6) is 0 Å². The summed E-state index contributed by atoms with van der Waals surface area (Å²) < 4.78 is 5.47. The van der Waals surface area contributed by atoms with Gasteiger partial charge in [0.1, 0.15) is 0 Å². The monoisotopic (exact) mass is 361 g/mol. The van der Waals surface area contributed by atoms with Crippen molar-refractivity contribution < 1.29 is 4.52 Å². The standard InChI is InChI=1S/C18H17Cl2N3O/c1-10-6-4-5-7-12(10)16-22-17(23-24-16)18(2,3)15-13(19)8-11(21)9-14(15)20/h4-9H,21H2,1-3H3. The first kappa shape index (κ1) is 16.8. The Hall–Kier alpha value is -2.04. The van der Waals surface area contributed by atoms with Crippen LogP contribution in [-0.4, -0.2) is 10.1 Å². The average molecular weight is 362 g/mol. The third-order valence-electron chi connectivity index (χ3n) is 4.05. The Morgan fingerprint density at radius 3 is 2.33 bits per heavy atom. The van der Waals surface area contributed by atoms with Crippen LogP contribution in [0.4, 0.5) is 5.69 Å². The smallest absolute Gasteiger partial charge is 0.258 e. The molecule has 0 aliphatic carbocycles. The molecule has 2 aromatic carbocycles. The molecule has 3 aromatic rings. The number of rotatable bonds is 3. The molecular weight excluding hydrogens is 345 g/mol. The van der Waals surface area contributed by atoms with E-state index < -0.39 is 5.41 Å². The van der Waals surface area contributed by atoms with Gasteiger partial charge < -0.3 is 10.3 Å². The number of benzene rings is 2. The lowest BCUT2D eigenvalue weighted by Gasteiger charge is -2.24. The Morgan fingerprint density at radius 2 is 1.71 bits per heavy atom. The van der Waals surface area contributed by atoms with Crippen LogP contribution in [-0.2, 0) is 5.41 Å². The zero-order valence-electron chi connectivity index (χ0n) is 13.6. The zero-order chi connectivity index (χ0) is 17.5. The highest BCUT2D eigenvalue weighted by Crippen LogP contribution is 2.41. The molecule has 124 valence electrons. The summed E-state index contributed by atoms with van der Waals surface area (Å²) in [6.45, 7) is 5.89. The molecule has 1 aromatic heterocycles. The van der Waals surface area contributed by atoms with E-state index in [1.807, 2.05) is 45.0 Å².